The van der Waals surface area contributed by atoms with Crippen LogP contribution in [0.15, 0.2) is 0 Å². The number of carbonyl (C=O) groups is 1. The quantitative estimate of drug-likeness (QED) is 0.552. The fourth-order valence-electron chi connectivity index (χ4n) is 0.829. The Kier molecular flexibility index (Phi) is 8.13. The van der Waals surface area contributed by atoms with Gasteiger partial charge in [-0.3, -0.25) is 4.79 Å². The van der Waals surface area contributed by atoms with Gasteiger partial charge in [0, 0.05) is 18.6 Å². The molecule has 0 atom stereocenters. The highest BCUT2D eigenvalue weighted by Crippen LogP contribution is 2.04. The third-order valence-electron chi connectivity index (χ3n) is 1.54. The predicted octanol–water partition coefficient (Wildman–Crippen LogP) is 2.89. The maximum atomic E-state index is 11.1. The van der Waals surface area contributed by atoms with Gasteiger partial charge in [0.25, 0.3) is 0 Å². The lowest BCUT2D eigenvalue weighted by molar-refractivity contribution is -0.118. The molecule has 0 aromatic rings. The Morgan fingerprint density at radius 1 is 1.27 bits per heavy atom. The number of hydrogen-bond acceptors (Lipinski definition) is 2. The van der Waals surface area contributed by atoms with Gasteiger partial charge in [0.2, 0.25) is 0 Å². The van der Waals surface area contributed by atoms with Gasteiger partial charge in [-0.05, 0) is 12.2 Å². The second kappa shape index (κ2) is 8.12. The molecule has 0 unspecified atom stereocenters. The van der Waals surface area contributed by atoms with Crippen molar-refractivity contribution in [2.24, 2.45) is 0 Å². The monoisotopic (exact) mass is 174 g/mol. The molecule has 0 saturated heterocycles. The molecule has 0 heterocycles. The zero-order valence-corrected chi connectivity index (χ0v) is 8.38. The second-order valence-electron chi connectivity index (χ2n) is 2.59. The van der Waals surface area contributed by atoms with Gasteiger partial charge in [0.05, 0.1) is 0 Å². The lowest BCUT2D eigenvalue weighted by atomic mass is 10.1. The van der Waals surface area contributed by atoms with Gasteiger partial charge >= 0.3 is 0 Å². The molecule has 0 N–H and O–H groups in total. The number of ketones is 1. The molecular weight excluding hydrogens is 156 g/mol. The molecule has 2 heteroatoms. The SMILES string of the molecule is CCCCC(=O)CCSCC. The van der Waals surface area contributed by atoms with E-state index >= 15 is 0 Å². The van der Waals surface area contributed by atoms with Crippen LogP contribution in [0.1, 0.15) is 39.5 Å². The van der Waals surface area contributed by atoms with Crippen molar-refractivity contribution in [3.05, 3.63) is 0 Å². The molecule has 0 amide bonds. The molecule has 66 valence electrons. The summed E-state index contributed by atoms with van der Waals surface area (Å²) in [6.45, 7) is 4.25. The van der Waals surface area contributed by atoms with Gasteiger partial charge in [0.15, 0.2) is 0 Å². The van der Waals surface area contributed by atoms with Crippen molar-refractivity contribution in [2.75, 3.05) is 11.5 Å². The van der Waals surface area contributed by atoms with E-state index in [1.165, 1.54) is 0 Å². The average molecular weight is 174 g/mol. The Hall–Kier alpha value is 0.0200. The number of thioether (sulfide) groups is 1. The second-order valence-corrected chi connectivity index (χ2v) is 3.98. The minimum atomic E-state index is 0.438. The van der Waals surface area contributed by atoms with Crippen LogP contribution in [0.25, 0.3) is 0 Å². The van der Waals surface area contributed by atoms with Crippen molar-refractivity contribution >= 4 is 17.5 Å². The summed E-state index contributed by atoms with van der Waals surface area (Å²) in [6, 6.07) is 0. The predicted molar refractivity (Wildman–Crippen MR) is 52.1 cm³/mol. The highest BCUT2D eigenvalue weighted by Gasteiger charge is 1.99. The molecule has 0 aliphatic carbocycles. The highest BCUT2D eigenvalue weighted by atomic mass is 32.2. The van der Waals surface area contributed by atoms with Crippen molar-refractivity contribution in [1.82, 2.24) is 0 Å². The maximum Gasteiger partial charge on any atom is 0.133 e. The Balaban J connectivity index is 3.09. The Morgan fingerprint density at radius 3 is 2.55 bits per heavy atom. The van der Waals surface area contributed by atoms with Crippen LogP contribution in [-0.4, -0.2) is 17.3 Å². The van der Waals surface area contributed by atoms with E-state index in [1.807, 2.05) is 11.8 Å². The maximum absolute atomic E-state index is 11.1. The zero-order chi connectivity index (χ0) is 8.53. The molecule has 11 heavy (non-hydrogen) atoms. The Morgan fingerprint density at radius 2 is 2.00 bits per heavy atom. The summed E-state index contributed by atoms with van der Waals surface area (Å²) in [7, 11) is 0. The minimum absolute atomic E-state index is 0.438. The summed E-state index contributed by atoms with van der Waals surface area (Å²) in [4.78, 5) is 11.1. The topological polar surface area (TPSA) is 17.1 Å². The first kappa shape index (κ1) is 11.0. The molecule has 0 aromatic carbocycles. The Labute approximate surface area is 73.9 Å². The zero-order valence-electron chi connectivity index (χ0n) is 7.56. The van der Waals surface area contributed by atoms with Gasteiger partial charge in [0.1, 0.15) is 5.78 Å². The standard InChI is InChI=1S/C9H18OS/c1-3-5-6-9(10)7-8-11-4-2/h3-8H2,1-2H3. The molecule has 0 aromatic heterocycles. The van der Waals surface area contributed by atoms with Crippen LogP contribution in [0.4, 0.5) is 0 Å². The van der Waals surface area contributed by atoms with E-state index in [1.54, 1.807) is 0 Å². The molecule has 0 saturated carbocycles. The normalized spacial score (nSPS) is 10.0. The number of carbonyl (C=O) groups excluding carboxylic acids is 1. The van der Waals surface area contributed by atoms with E-state index in [9.17, 15) is 4.79 Å². The highest BCUT2D eigenvalue weighted by molar-refractivity contribution is 7.99. The first-order valence-electron chi connectivity index (χ1n) is 4.40. The Bertz CT molecular complexity index is 102. The average Bonchev–Trinajstić information content (AvgIpc) is 2.01. The lowest BCUT2D eigenvalue weighted by Gasteiger charge is -1.97. The van der Waals surface area contributed by atoms with E-state index in [2.05, 4.69) is 13.8 Å². The summed E-state index contributed by atoms with van der Waals surface area (Å²) in [6.07, 6.45) is 3.77. The third kappa shape index (κ3) is 7.92. The molecule has 0 fully saturated rings. The molecule has 0 radical (unpaired) electrons. The van der Waals surface area contributed by atoms with Crippen LogP contribution in [0.3, 0.4) is 0 Å². The molecule has 0 spiro atoms. The van der Waals surface area contributed by atoms with Crippen LogP contribution in [0.5, 0.6) is 0 Å². The number of rotatable bonds is 7. The number of unbranched alkanes of at least 4 members (excludes halogenated alkanes) is 1. The largest absolute Gasteiger partial charge is 0.300 e. The molecule has 0 aliphatic rings. The van der Waals surface area contributed by atoms with Crippen molar-refractivity contribution in [3.8, 4) is 0 Å². The summed E-state index contributed by atoms with van der Waals surface area (Å²) >= 11 is 1.85. The number of Topliss-reactive ketones (excluding diaryl/α,β-unsaturated/α-hetero) is 1. The van der Waals surface area contributed by atoms with E-state index in [-0.39, 0.29) is 0 Å². The van der Waals surface area contributed by atoms with Crippen LogP contribution in [0.2, 0.25) is 0 Å². The fourth-order valence-corrected chi connectivity index (χ4v) is 1.49. The van der Waals surface area contributed by atoms with Gasteiger partial charge in [-0.25, -0.2) is 0 Å². The van der Waals surface area contributed by atoms with E-state index in [0.29, 0.717) is 5.78 Å². The van der Waals surface area contributed by atoms with Crippen molar-refractivity contribution in [3.63, 3.8) is 0 Å². The summed E-state index contributed by atoms with van der Waals surface area (Å²) in [5.74, 6) is 2.58. The van der Waals surface area contributed by atoms with E-state index < -0.39 is 0 Å². The smallest absolute Gasteiger partial charge is 0.133 e. The van der Waals surface area contributed by atoms with Crippen molar-refractivity contribution in [2.45, 2.75) is 39.5 Å². The van der Waals surface area contributed by atoms with Gasteiger partial charge in [-0.2, -0.15) is 11.8 Å². The van der Waals surface area contributed by atoms with Gasteiger partial charge < -0.3 is 0 Å². The van der Waals surface area contributed by atoms with Gasteiger partial charge in [-0.15, -0.1) is 0 Å². The summed E-state index contributed by atoms with van der Waals surface area (Å²) < 4.78 is 0. The molecular formula is C9H18OS. The lowest BCUT2D eigenvalue weighted by Crippen LogP contribution is -1.98. The van der Waals surface area contributed by atoms with Crippen molar-refractivity contribution < 1.29 is 4.79 Å². The van der Waals surface area contributed by atoms with E-state index in [0.717, 1.165) is 37.2 Å². The molecule has 0 aliphatic heterocycles. The van der Waals surface area contributed by atoms with Crippen LogP contribution >= 0.6 is 11.8 Å². The summed E-state index contributed by atoms with van der Waals surface area (Å²) in [5, 5.41) is 0. The van der Waals surface area contributed by atoms with E-state index in [4.69, 9.17) is 0 Å². The van der Waals surface area contributed by atoms with Crippen molar-refractivity contribution in [1.29, 1.82) is 0 Å². The molecule has 0 bridgehead atoms. The fraction of sp³-hybridized carbons (Fsp3) is 0.889. The third-order valence-corrected chi connectivity index (χ3v) is 2.44. The molecule has 0 rings (SSSR count). The molecule has 1 nitrogen and oxygen atoms in total. The van der Waals surface area contributed by atoms with Gasteiger partial charge in [-0.1, -0.05) is 20.3 Å². The summed E-state index contributed by atoms with van der Waals surface area (Å²) in [5.41, 5.74) is 0. The van der Waals surface area contributed by atoms with Crippen LogP contribution in [-0.2, 0) is 4.79 Å². The first-order chi connectivity index (χ1) is 5.31. The van der Waals surface area contributed by atoms with Crippen LogP contribution in [0, 0.1) is 0 Å². The number of hydrogen-bond donors (Lipinski definition) is 0. The first-order valence-corrected chi connectivity index (χ1v) is 5.56. The minimum Gasteiger partial charge on any atom is -0.300 e. The van der Waals surface area contributed by atoms with Crippen LogP contribution < -0.4 is 0 Å².